The molecule has 1 amide bonds. The van der Waals surface area contributed by atoms with Gasteiger partial charge in [0.1, 0.15) is 24.0 Å². The summed E-state index contributed by atoms with van der Waals surface area (Å²) in [5.41, 5.74) is 2.95. The lowest BCUT2D eigenvalue weighted by Crippen LogP contribution is -2.13. The molecule has 0 radical (unpaired) electrons. The van der Waals surface area contributed by atoms with Crippen molar-refractivity contribution in [3.63, 3.8) is 0 Å². The number of amides is 1. The summed E-state index contributed by atoms with van der Waals surface area (Å²) >= 11 is 6.10. The van der Waals surface area contributed by atoms with E-state index in [0.29, 0.717) is 34.4 Å². The first-order valence-electron chi connectivity index (χ1n) is 10.1. The predicted octanol–water partition coefficient (Wildman–Crippen LogP) is 5.79. The number of nitrogens with one attached hydrogen (secondary N) is 1. The van der Waals surface area contributed by atoms with Gasteiger partial charge in [-0.2, -0.15) is 5.26 Å². The van der Waals surface area contributed by atoms with Gasteiger partial charge in [-0.3, -0.25) is 4.79 Å². The van der Waals surface area contributed by atoms with Crippen molar-refractivity contribution < 1.29 is 19.0 Å². The zero-order valence-corrected chi connectivity index (χ0v) is 19.3. The molecule has 0 aliphatic rings. The number of anilines is 1. The van der Waals surface area contributed by atoms with Gasteiger partial charge >= 0.3 is 0 Å². The van der Waals surface area contributed by atoms with Gasteiger partial charge in [0.15, 0.2) is 11.5 Å². The number of halogens is 1. The Morgan fingerprint density at radius 1 is 1.03 bits per heavy atom. The van der Waals surface area contributed by atoms with Crippen LogP contribution in [0.5, 0.6) is 17.2 Å². The van der Waals surface area contributed by atoms with Crippen LogP contribution in [0.4, 0.5) is 5.69 Å². The number of hydrogen-bond donors (Lipinski definition) is 1. The summed E-state index contributed by atoms with van der Waals surface area (Å²) in [5.74, 6) is 1.27. The molecule has 1 N–H and O–H groups in total. The van der Waals surface area contributed by atoms with E-state index in [1.54, 1.807) is 43.5 Å². The van der Waals surface area contributed by atoms with Crippen molar-refractivity contribution in [2.75, 3.05) is 19.5 Å². The third-order valence-corrected chi connectivity index (χ3v) is 5.25. The monoisotopic (exact) mass is 462 g/mol. The Hall–Kier alpha value is -3.95. The van der Waals surface area contributed by atoms with Crippen molar-refractivity contribution in [2.45, 2.75) is 13.5 Å². The minimum atomic E-state index is -0.531. The second-order valence-corrected chi connectivity index (χ2v) is 7.54. The zero-order chi connectivity index (χ0) is 23.8. The van der Waals surface area contributed by atoms with E-state index in [2.05, 4.69) is 5.32 Å². The molecule has 0 aliphatic heterocycles. The second-order valence-electron chi connectivity index (χ2n) is 7.13. The number of nitrogens with zero attached hydrogens (tertiary/aromatic N) is 1. The molecule has 168 valence electrons. The van der Waals surface area contributed by atoms with Gasteiger partial charge in [-0.25, -0.2) is 0 Å². The number of ether oxygens (including phenoxy) is 3. The molecule has 0 unspecified atom stereocenters. The van der Waals surface area contributed by atoms with Crippen molar-refractivity contribution in [1.82, 2.24) is 0 Å². The van der Waals surface area contributed by atoms with E-state index in [9.17, 15) is 10.1 Å². The van der Waals surface area contributed by atoms with Crippen LogP contribution in [0, 0.1) is 18.3 Å². The fourth-order valence-corrected chi connectivity index (χ4v) is 3.14. The Labute approximate surface area is 198 Å². The van der Waals surface area contributed by atoms with Gasteiger partial charge in [0.05, 0.1) is 14.2 Å². The lowest BCUT2D eigenvalue weighted by atomic mass is 10.1. The number of hydrogen-bond acceptors (Lipinski definition) is 5. The van der Waals surface area contributed by atoms with Crippen molar-refractivity contribution >= 4 is 29.3 Å². The third kappa shape index (κ3) is 6.28. The van der Waals surface area contributed by atoms with Crippen LogP contribution in [0.15, 0.2) is 66.2 Å². The smallest absolute Gasteiger partial charge is 0.266 e. The van der Waals surface area contributed by atoms with Crippen LogP contribution in [-0.2, 0) is 11.4 Å². The van der Waals surface area contributed by atoms with Crippen LogP contribution in [0.1, 0.15) is 16.7 Å². The minimum absolute atomic E-state index is 0.0550. The lowest BCUT2D eigenvalue weighted by Gasteiger charge is -2.12. The number of aryl methyl sites for hydroxylation is 1. The summed E-state index contributed by atoms with van der Waals surface area (Å²) in [5, 5.41) is 12.7. The van der Waals surface area contributed by atoms with E-state index >= 15 is 0 Å². The number of carbonyl (C=O) groups excluding carboxylic acids is 1. The van der Waals surface area contributed by atoms with E-state index in [4.69, 9.17) is 25.8 Å². The standard InChI is InChI=1S/C26H23ClN2O4/c1-17-4-8-21(14-23(17)27)29-26(30)20(15-28)12-19-7-11-24(25(13-19)32-3)33-16-18-5-9-22(31-2)10-6-18/h4-14H,16H2,1-3H3,(H,29,30)/b20-12+. The van der Waals surface area contributed by atoms with E-state index in [1.165, 1.54) is 13.2 Å². The van der Waals surface area contributed by atoms with Gasteiger partial charge in [0.25, 0.3) is 5.91 Å². The summed E-state index contributed by atoms with van der Waals surface area (Å²) in [4.78, 5) is 12.6. The fraction of sp³-hybridized carbons (Fsp3) is 0.154. The first-order chi connectivity index (χ1) is 15.9. The highest BCUT2D eigenvalue weighted by molar-refractivity contribution is 6.31. The maximum absolute atomic E-state index is 12.6. The molecule has 3 aromatic carbocycles. The highest BCUT2D eigenvalue weighted by Crippen LogP contribution is 2.30. The quantitative estimate of drug-likeness (QED) is 0.338. The van der Waals surface area contributed by atoms with Crippen LogP contribution < -0.4 is 19.5 Å². The van der Waals surface area contributed by atoms with Crippen molar-refractivity contribution in [1.29, 1.82) is 5.26 Å². The average Bonchev–Trinajstić information content (AvgIpc) is 2.84. The summed E-state index contributed by atoms with van der Waals surface area (Å²) in [6.07, 6.45) is 1.49. The highest BCUT2D eigenvalue weighted by atomic mass is 35.5. The predicted molar refractivity (Wildman–Crippen MR) is 129 cm³/mol. The molecule has 0 atom stereocenters. The molecule has 3 rings (SSSR count). The Morgan fingerprint density at radius 2 is 1.79 bits per heavy atom. The molecule has 0 heterocycles. The van der Waals surface area contributed by atoms with Crippen molar-refractivity contribution in [3.8, 4) is 23.3 Å². The van der Waals surface area contributed by atoms with E-state index in [0.717, 1.165) is 16.9 Å². The van der Waals surface area contributed by atoms with E-state index in [-0.39, 0.29) is 5.57 Å². The summed E-state index contributed by atoms with van der Waals surface area (Å²) in [6.45, 7) is 2.22. The van der Waals surface area contributed by atoms with Gasteiger partial charge in [-0.1, -0.05) is 35.9 Å². The van der Waals surface area contributed by atoms with E-state index < -0.39 is 5.91 Å². The molecular formula is C26H23ClN2O4. The second kappa shape index (κ2) is 11.1. The summed E-state index contributed by atoms with van der Waals surface area (Å²) < 4.78 is 16.5. The molecule has 6 nitrogen and oxygen atoms in total. The maximum atomic E-state index is 12.6. The lowest BCUT2D eigenvalue weighted by molar-refractivity contribution is -0.112. The Morgan fingerprint density at radius 3 is 2.42 bits per heavy atom. The van der Waals surface area contributed by atoms with Crippen molar-refractivity contribution in [2.24, 2.45) is 0 Å². The Bertz CT molecular complexity index is 1210. The van der Waals surface area contributed by atoms with Gasteiger partial charge in [-0.15, -0.1) is 0 Å². The highest BCUT2D eigenvalue weighted by Gasteiger charge is 2.12. The minimum Gasteiger partial charge on any atom is -0.497 e. The van der Waals surface area contributed by atoms with Gasteiger partial charge in [-0.05, 0) is 66.1 Å². The van der Waals surface area contributed by atoms with Crippen LogP contribution in [0.3, 0.4) is 0 Å². The maximum Gasteiger partial charge on any atom is 0.266 e. The SMILES string of the molecule is COc1ccc(COc2ccc(/C=C(\C#N)C(=O)Nc3ccc(C)c(Cl)c3)cc2OC)cc1. The third-order valence-electron chi connectivity index (χ3n) is 4.85. The molecule has 7 heteroatoms. The Kier molecular flexibility index (Phi) is 7.96. The molecule has 0 spiro atoms. The summed E-state index contributed by atoms with van der Waals surface area (Å²) in [7, 11) is 3.15. The number of methoxy groups -OCH3 is 2. The molecule has 0 saturated carbocycles. The van der Waals surface area contributed by atoms with Crippen LogP contribution in [0.2, 0.25) is 5.02 Å². The van der Waals surface area contributed by atoms with Crippen LogP contribution in [0.25, 0.3) is 6.08 Å². The topological polar surface area (TPSA) is 80.6 Å². The number of nitriles is 1. The number of rotatable bonds is 8. The van der Waals surface area contributed by atoms with Crippen LogP contribution in [-0.4, -0.2) is 20.1 Å². The van der Waals surface area contributed by atoms with Crippen LogP contribution >= 0.6 is 11.6 Å². The molecule has 0 aromatic heterocycles. The average molecular weight is 463 g/mol. The number of benzene rings is 3. The molecule has 3 aromatic rings. The molecule has 0 fully saturated rings. The van der Waals surface area contributed by atoms with Gasteiger partial charge < -0.3 is 19.5 Å². The first-order valence-corrected chi connectivity index (χ1v) is 10.4. The normalized spacial score (nSPS) is 10.8. The van der Waals surface area contributed by atoms with Gasteiger partial charge in [0.2, 0.25) is 0 Å². The molecule has 33 heavy (non-hydrogen) atoms. The molecular weight excluding hydrogens is 440 g/mol. The van der Waals surface area contributed by atoms with Crippen molar-refractivity contribution in [3.05, 3.63) is 87.9 Å². The van der Waals surface area contributed by atoms with Gasteiger partial charge in [0, 0.05) is 10.7 Å². The Balaban J connectivity index is 1.73. The molecule has 0 bridgehead atoms. The number of carbonyl (C=O) groups is 1. The zero-order valence-electron chi connectivity index (χ0n) is 18.5. The van der Waals surface area contributed by atoms with E-state index in [1.807, 2.05) is 37.3 Å². The fourth-order valence-electron chi connectivity index (χ4n) is 2.96. The molecule has 0 aliphatic carbocycles. The largest absolute Gasteiger partial charge is 0.497 e. The first kappa shape index (κ1) is 23.7. The summed E-state index contributed by atoms with van der Waals surface area (Å²) in [6, 6.07) is 19.9. The molecule has 0 saturated heterocycles.